The van der Waals surface area contributed by atoms with E-state index in [0.29, 0.717) is 39.3 Å². The zero-order valence-electron chi connectivity index (χ0n) is 10.3. The molecule has 0 bridgehead atoms. The van der Waals surface area contributed by atoms with Crippen molar-refractivity contribution in [2.45, 2.75) is 39.5 Å². The lowest BCUT2D eigenvalue weighted by Crippen LogP contribution is -2.07. The molecule has 0 saturated heterocycles. The van der Waals surface area contributed by atoms with E-state index in [0.717, 1.165) is 12.8 Å². The third kappa shape index (κ3) is 13.3. The van der Waals surface area contributed by atoms with E-state index in [-0.39, 0.29) is 11.6 Å². The highest BCUT2D eigenvalue weighted by molar-refractivity contribution is 5.75. The van der Waals surface area contributed by atoms with E-state index in [1.54, 1.807) is 13.8 Å². The first kappa shape index (κ1) is 15.3. The maximum atomic E-state index is 10.6. The highest BCUT2D eigenvalue weighted by Crippen LogP contribution is 1.93. The van der Waals surface area contributed by atoms with Gasteiger partial charge in [0.1, 0.15) is 11.6 Å². The van der Waals surface area contributed by atoms with Crippen molar-refractivity contribution in [2.24, 2.45) is 0 Å². The second kappa shape index (κ2) is 10.8. The molecule has 0 N–H and O–H groups in total. The van der Waals surface area contributed by atoms with Crippen LogP contribution in [0.1, 0.15) is 39.5 Å². The molecule has 0 fully saturated rings. The molecule has 16 heavy (non-hydrogen) atoms. The van der Waals surface area contributed by atoms with Crippen molar-refractivity contribution in [2.75, 3.05) is 26.4 Å². The van der Waals surface area contributed by atoms with Crippen LogP contribution in [-0.2, 0) is 19.1 Å². The minimum absolute atomic E-state index is 0.198. The second-order valence-corrected chi connectivity index (χ2v) is 3.84. The van der Waals surface area contributed by atoms with Crippen molar-refractivity contribution in [3.05, 3.63) is 0 Å². The minimum atomic E-state index is 0.198. The summed E-state index contributed by atoms with van der Waals surface area (Å²) in [4.78, 5) is 21.2. The van der Waals surface area contributed by atoms with Crippen LogP contribution in [0.2, 0.25) is 0 Å². The number of carbonyl (C=O) groups excluding carboxylic acids is 2. The molecule has 0 heterocycles. The van der Waals surface area contributed by atoms with Gasteiger partial charge in [0.05, 0.1) is 13.2 Å². The summed E-state index contributed by atoms with van der Waals surface area (Å²) in [7, 11) is 0. The van der Waals surface area contributed by atoms with Gasteiger partial charge >= 0.3 is 0 Å². The number of carbonyl (C=O) groups is 2. The summed E-state index contributed by atoms with van der Waals surface area (Å²) in [6.45, 7) is 5.49. The van der Waals surface area contributed by atoms with Gasteiger partial charge in [-0.3, -0.25) is 0 Å². The van der Waals surface area contributed by atoms with Gasteiger partial charge in [0.2, 0.25) is 0 Å². The van der Waals surface area contributed by atoms with Gasteiger partial charge in [0.25, 0.3) is 0 Å². The Morgan fingerprint density at radius 1 is 0.750 bits per heavy atom. The van der Waals surface area contributed by atoms with Crippen molar-refractivity contribution in [1.82, 2.24) is 0 Å². The van der Waals surface area contributed by atoms with Crippen LogP contribution in [0, 0.1) is 0 Å². The number of Topliss-reactive ketones (excluding diaryl/α,β-unsaturated/α-hetero) is 2. The van der Waals surface area contributed by atoms with Gasteiger partial charge in [-0.2, -0.15) is 0 Å². The van der Waals surface area contributed by atoms with E-state index in [1.807, 2.05) is 0 Å². The molecule has 94 valence electrons. The number of rotatable bonds is 11. The summed E-state index contributed by atoms with van der Waals surface area (Å²) >= 11 is 0. The van der Waals surface area contributed by atoms with E-state index in [9.17, 15) is 9.59 Å². The Bertz CT molecular complexity index is 179. The van der Waals surface area contributed by atoms with Crippen LogP contribution in [-0.4, -0.2) is 38.0 Å². The molecule has 0 aliphatic rings. The van der Waals surface area contributed by atoms with Crippen molar-refractivity contribution in [1.29, 1.82) is 0 Å². The lowest BCUT2D eigenvalue weighted by atomic mass is 10.2. The molecule has 4 heteroatoms. The topological polar surface area (TPSA) is 52.6 Å². The standard InChI is InChI=1S/C12H22O4/c1-11(13)5-3-7-15-9-10-16-8-4-6-12(2)14/h3-10H2,1-2H3. The Morgan fingerprint density at radius 2 is 1.12 bits per heavy atom. The van der Waals surface area contributed by atoms with Crippen LogP contribution >= 0.6 is 0 Å². The summed E-state index contributed by atoms with van der Waals surface area (Å²) in [5, 5.41) is 0. The largest absolute Gasteiger partial charge is 0.379 e. The Morgan fingerprint density at radius 3 is 1.44 bits per heavy atom. The smallest absolute Gasteiger partial charge is 0.129 e. The van der Waals surface area contributed by atoms with Crippen LogP contribution < -0.4 is 0 Å². The van der Waals surface area contributed by atoms with E-state index < -0.39 is 0 Å². The molecule has 0 aromatic carbocycles. The van der Waals surface area contributed by atoms with Gasteiger partial charge in [-0.15, -0.1) is 0 Å². The molecule has 0 radical (unpaired) electrons. The van der Waals surface area contributed by atoms with Crippen LogP contribution in [0.3, 0.4) is 0 Å². The predicted octanol–water partition coefficient (Wildman–Crippen LogP) is 1.76. The average Bonchev–Trinajstić information content (AvgIpc) is 2.20. The van der Waals surface area contributed by atoms with Gasteiger partial charge in [0, 0.05) is 26.1 Å². The SMILES string of the molecule is CC(=O)CCCOCCOCCCC(C)=O. The second-order valence-electron chi connectivity index (χ2n) is 3.84. The van der Waals surface area contributed by atoms with Crippen molar-refractivity contribution in [3.63, 3.8) is 0 Å². The molecular weight excluding hydrogens is 208 g/mol. The van der Waals surface area contributed by atoms with Crippen LogP contribution in [0.15, 0.2) is 0 Å². The quantitative estimate of drug-likeness (QED) is 0.507. The molecule has 0 rings (SSSR count). The zero-order valence-corrected chi connectivity index (χ0v) is 10.3. The minimum Gasteiger partial charge on any atom is -0.379 e. The molecule has 0 atom stereocenters. The molecular formula is C12H22O4. The Kier molecular flexibility index (Phi) is 10.3. The number of hydrogen-bond donors (Lipinski definition) is 0. The molecule has 0 unspecified atom stereocenters. The molecule has 0 saturated carbocycles. The number of ketones is 2. The first-order valence-electron chi connectivity index (χ1n) is 5.77. The zero-order chi connectivity index (χ0) is 12.2. The maximum absolute atomic E-state index is 10.6. The van der Waals surface area contributed by atoms with Gasteiger partial charge in [0.15, 0.2) is 0 Å². The van der Waals surface area contributed by atoms with E-state index in [1.165, 1.54) is 0 Å². The Hall–Kier alpha value is -0.740. The Balaban J connectivity index is 2.98. The fourth-order valence-electron chi connectivity index (χ4n) is 1.17. The number of hydrogen-bond acceptors (Lipinski definition) is 4. The van der Waals surface area contributed by atoms with Crippen LogP contribution in [0.4, 0.5) is 0 Å². The highest BCUT2D eigenvalue weighted by atomic mass is 16.5. The van der Waals surface area contributed by atoms with Crippen molar-refractivity contribution in [3.8, 4) is 0 Å². The number of ether oxygens (including phenoxy) is 2. The van der Waals surface area contributed by atoms with Gasteiger partial charge in [-0.25, -0.2) is 0 Å². The maximum Gasteiger partial charge on any atom is 0.129 e. The van der Waals surface area contributed by atoms with Crippen molar-refractivity contribution < 1.29 is 19.1 Å². The molecule has 0 aliphatic heterocycles. The van der Waals surface area contributed by atoms with Gasteiger partial charge < -0.3 is 19.1 Å². The van der Waals surface area contributed by atoms with E-state index >= 15 is 0 Å². The molecule has 0 spiro atoms. The summed E-state index contributed by atoms with van der Waals surface area (Å²) < 4.78 is 10.5. The Labute approximate surface area is 97.3 Å². The molecule has 0 aromatic rings. The summed E-state index contributed by atoms with van der Waals surface area (Å²) in [5.74, 6) is 0.396. The average molecular weight is 230 g/mol. The fourth-order valence-corrected chi connectivity index (χ4v) is 1.17. The lowest BCUT2D eigenvalue weighted by molar-refractivity contribution is -0.118. The summed E-state index contributed by atoms with van der Waals surface area (Å²) in [5.41, 5.74) is 0. The first-order chi connectivity index (χ1) is 7.63. The monoisotopic (exact) mass is 230 g/mol. The van der Waals surface area contributed by atoms with Crippen molar-refractivity contribution >= 4 is 11.6 Å². The molecule has 0 aromatic heterocycles. The third-order valence-electron chi connectivity index (χ3n) is 2.01. The van der Waals surface area contributed by atoms with Crippen LogP contribution in [0.5, 0.6) is 0 Å². The van der Waals surface area contributed by atoms with Gasteiger partial charge in [-0.05, 0) is 26.7 Å². The normalized spacial score (nSPS) is 10.4. The molecule has 0 aliphatic carbocycles. The predicted molar refractivity (Wildman–Crippen MR) is 61.5 cm³/mol. The third-order valence-corrected chi connectivity index (χ3v) is 2.01. The highest BCUT2D eigenvalue weighted by Gasteiger charge is 1.95. The summed E-state index contributed by atoms with van der Waals surface area (Å²) in [6, 6.07) is 0. The lowest BCUT2D eigenvalue weighted by Gasteiger charge is -2.04. The van der Waals surface area contributed by atoms with E-state index in [2.05, 4.69) is 0 Å². The molecule has 4 nitrogen and oxygen atoms in total. The molecule has 0 amide bonds. The van der Waals surface area contributed by atoms with Gasteiger partial charge in [-0.1, -0.05) is 0 Å². The first-order valence-corrected chi connectivity index (χ1v) is 5.77. The van der Waals surface area contributed by atoms with E-state index in [4.69, 9.17) is 9.47 Å². The fraction of sp³-hybridized carbons (Fsp3) is 0.833. The summed E-state index contributed by atoms with van der Waals surface area (Å²) in [6.07, 6.45) is 2.72. The van der Waals surface area contributed by atoms with Crippen LogP contribution in [0.25, 0.3) is 0 Å².